The van der Waals surface area contributed by atoms with E-state index in [1.807, 2.05) is 0 Å². The fourth-order valence-electron chi connectivity index (χ4n) is 2.00. The molecular formula is C11H14O5S3. The average Bonchev–Trinajstić information content (AvgIpc) is 2.70. The van der Waals surface area contributed by atoms with Gasteiger partial charge in [0.25, 0.3) is 0 Å². The summed E-state index contributed by atoms with van der Waals surface area (Å²) in [5.41, 5.74) is 0.0589. The van der Waals surface area contributed by atoms with Gasteiger partial charge in [0.1, 0.15) is 5.57 Å². The molecule has 0 N–H and O–H groups in total. The smallest absolute Gasteiger partial charge is 0.343 e. The molecular weight excluding hydrogens is 308 g/mol. The third-order valence-electron chi connectivity index (χ3n) is 2.80. The van der Waals surface area contributed by atoms with Crippen LogP contribution in [0.3, 0.4) is 0 Å². The molecule has 0 aromatic carbocycles. The van der Waals surface area contributed by atoms with Crippen molar-refractivity contribution in [3.05, 3.63) is 9.81 Å². The Hall–Kier alpha value is -0.470. The zero-order valence-corrected chi connectivity index (χ0v) is 13.0. The Morgan fingerprint density at radius 2 is 1.79 bits per heavy atom. The van der Waals surface area contributed by atoms with Gasteiger partial charge in [-0.3, -0.25) is 4.79 Å². The van der Waals surface area contributed by atoms with E-state index in [1.165, 1.54) is 30.4 Å². The molecule has 0 aromatic heterocycles. The second-order valence-corrected chi connectivity index (χ2v) is 9.24. The maximum absolute atomic E-state index is 11.8. The number of sulfone groups is 1. The van der Waals surface area contributed by atoms with E-state index in [0.29, 0.717) is 4.24 Å². The van der Waals surface area contributed by atoms with Crippen LogP contribution in [0.2, 0.25) is 0 Å². The van der Waals surface area contributed by atoms with Gasteiger partial charge in [0.05, 0.1) is 22.3 Å². The molecule has 0 aliphatic carbocycles. The summed E-state index contributed by atoms with van der Waals surface area (Å²) in [6.07, 6.45) is 0. The molecule has 2 heterocycles. The maximum Gasteiger partial charge on any atom is 0.343 e. The van der Waals surface area contributed by atoms with Gasteiger partial charge in [-0.25, -0.2) is 13.2 Å². The Morgan fingerprint density at radius 3 is 2.21 bits per heavy atom. The number of ketones is 1. The molecule has 0 spiro atoms. The highest BCUT2D eigenvalue weighted by molar-refractivity contribution is 8.27. The molecule has 0 unspecified atom stereocenters. The SMILES string of the molecule is CCOC(=O)C(C(C)=O)=C1S[C@H]2CS(=O)(=O)C[C@H]2S1. The van der Waals surface area contributed by atoms with Gasteiger partial charge in [-0.2, -0.15) is 0 Å². The summed E-state index contributed by atoms with van der Waals surface area (Å²) in [4.78, 5) is 23.4. The predicted octanol–water partition coefficient (Wildman–Crippen LogP) is 0.996. The fraction of sp³-hybridized carbons (Fsp3) is 0.636. The lowest BCUT2D eigenvalue weighted by Crippen LogP contribution is -2.15. The van der Waals surface area contributed by atoms with Crippen LogP contribution in [-0.4, -0.2) is 48.8 Å². The molecule has 0 radical (unpaired) electrons. The van der Waals surface area contributed by atoms with E-state index in [9.17, 15) is 18.0 Å². The molecule has 2 fully saturated rings. The van der Waals surface area contributed by atoms with Gasteiger partial charge < -0.3 is 4.74 Å². The molecule has 8 heteroatoms. The van der Waals surface area contributed by atoms with E-state index in [4.69, 9.17) is 4.74 Å². The molecule has 2 aliphatic rings. The summed E-state index contributed by atoms with van der Waals surface area (Å²) in [6.45, 7) is 3.21. The van der Waals surface area contributed by atoms with Gasteiger partial charge in [-0.15, -0.1) is 23.5 Å². The molecule has 0 saturated carbocycles. The number of esters is 1. The Bertz CT molecular complexity index is 527. The summed E-state index contributed by atoms with van der Waals surface area (Å²) < 4.78 is 28.5. The van der Waals surface area contributed by atoms with Crippen molar-refractivity contribution in [2.75, 3.05) is 18.1 Å². The molecule has 106 valence electrons. The minimum Gasteiger partial charge on any atom is -0.462 e. The molecule has 19 heavy (non-hydrogen) atoms. The first-order chi connectivity index (χ1) is 8.84. The second-order valence-electron chi connectivity index (χ2n) is 4.33. The number of hydrogen-bond donors (Lipinski definition) is 0. The first-order valence-corrected chi connectivity index (χ1v) is 9.38. The summed E-state index contributed by atoms with van der Waals surface area (Å²) in [6, 6.07) is 0. The van der Waals surface area contributed by atoms with Crippen molar-refractivity contribution in [1.29, 1.82) is 0 Å². The maximum atomic E-state index is 11.8. The van der Waals surface area contributed by atoms with Crippen molar-refractivity contribution in [1.82, 2.24) is 0 Å². The van der Waals surface area contributed by atoms with Gasteiger partial charge in [0.2, 0.25) is 0 Å². The second kappa shape index (κ2) is 5.49. The van der Waals surface area contributed by atoms with Crippen LogP contribution in [0.15, 0.2) is 9.81 Å². The standard InChI is InChI=1S/C11H14O5S3/c1-3-16-10(13)9(6(2)12)11-17-7-4-19(14,15)5-8(7)18-11/h7-8H,3-5H2,1-2H3/t7-,8+. The van der Waals surface area contributed by atoms with Crippen molar-refractivity contribution in [2.24, 2.45) is 0 Å². The number of fused-ring (bicyclic) bond motifs is 1. The van der Waals surface area contributed by atoms with Crippen molar-refractivity contribution >= 4 is 45.1 Å². The summed E-state index contributed by atoms with van der Waals surface area (Å²) in [7, 11) is -2.97. The first kappa shape index (κ1) is 14.9. The molecule has 2 saturated heterocycles. The predicted molar refractivity (Wildman–Crippen MR) is 75.8 cm³/mol. The number of thioether (sulfide) groups is 2. The highest BCUT2D eigenvalue weighted by atomic mass is 32.2. The summed E-state index contributed by atoms with van der Waals surface area (Å²) in [5, 5.41) is -0.123. The van der Waals surface area contributed by atoms with Gasteiger partial charge in [-0.1, -0.05) is 0 Å². The summed E-state index contributed by atoms with van der Waals surface area (Å²) >= 11 is 2.63. The van der Waals surface area contributed by atoms with Gasteiger partial charge in [0.15, 0.2) is 15.6 Å². The lowest BCUT2D eigenvalue weighted by Gasteiger charge is -2.07. The Morgan fingerprint density at radius 1 is 1.26 bits per heavy atom. The normalized spacial score (nSPS) is 30.8. The molecule has 5 nitrogen and oxygen atoms in total. The molecule has 2 aliphatic heterocycles. The summed E-state index contributed by atoms with van der Waals surface area (Å²) in [5.74, 6) is -0.719. The van der Waals surface area contributed by atoms with Crippen molar-refractivity contribution in [3.8, 4) is 0 Å². The quantitative estimate of drug-likeness (QED) is 0.332. The van der Waals surface area contributed by atoms with Crippen LogP contribution in [-0.2, 0) is 24.2 Å². The van der Waals surface area contributed by atoms with E-state index in [2.05, 4.69) is 0 Å². The third kappa shape index (κ3) is 3.17. The lowest BCUT2D eigenvalue weighted by molar-refractivity contribution is -0.139. The number of carbonyl (C=O) groups is 2. The van der Waals surface area contributed by atoms with Gasteiger partial charge in [-0.05, 0) is 13.8 Å². The Labute approximate surface area is 120 Å². The number of rotatable bonds is 3. The fourth-order valence-corrected chi connectivity index (χ4v) is 8.66. The molecule has 2 atom stereocenters. The van der Waals surface area contributed by atoms with E-state index in [-0.39, 0.29) is 40.0 Å². The van der Waals surface area contributed by atoms with Gasteiger partial charge >= 0.3 is 5.97 Å². The monoisotopic (exact) mass is 322 g/mol. The number of ether oxygens (including phenoxy) is 1. The number of hydrogen-bond acceptors (Lipinski definition) is 7. The Balaban J connectivity index is 2.24. The van der Waals surface area contributed by atoms with Crippen LogP contribution in [0, 0.1) is 0 Å². The minimum absolute atomic E-state index is 0.0589. The molecule has 0 amide bonds. The van der Waals surface area contributed by atoms with E-state index < -0.39 is 15.8 Å². The van der Waals surface area contributed by atoms with Crippen LogP contribution < -0.4 is 0 Å². The van der Waals surface area contributed by atoms with Crippen LogP contribution >= 0.6 is 23.5 Å². The van der Waals surface area contributed by atoms with Crippen LogP contribution in [0.25, 0.3) is 0 Å². The number of carbonyl (C=O) groups excluding carboxylic acids is 2. The highest BCUT2D eigenvalue weighted by Crippen LogP contribution is 2.52. The topological polar surface area (TPSA) is 77.5 Å². The zero-order valence-electron chi connectivity index (χ0n) is 10.5. The van der Waals surface area contributed by atoms with Crippen molar-refractivity contribution in [2.45, 2.75) is 24.3 Å². The highest BCUT2D eigenvalue weighted by Gasteiger charge is 2.45. The zero-order chi connectivity index (χ0) is 14.2. The lowest BCUT2D eigenvalue weighted by atomic mass is 10.2. The van der Waals surface area contributed by atoms with Crippen LogP contribution in [0.1, 0.15) is 13.8 Å². The van der Waals surface area contributed by atoms with Crippen LogP contribution in [0.4, 0.5) is 0 Å². The van der Waals surface area contributed by atoms with Crippen LogP contribution in [0.5, 0.6) is 0 Å². The third-order valence-corrected chi connectivity index (χ3v) is 8.14. The molecule has 2 rings (SSSR count). The number of Topliss-reactive ketones (excluding diaryl/α,β-unsaturated/α-hetero) is 1. The average molecular weight is 322 g/mol. The largest absolute Gasteiger partial charge is 0.462 e. The molecule has 0 aromatic rings. The molecule has 0 bridgehead atoms. The van der Waals surface area contributed by atoms with E-state index in [1.54, 1.807) is 6.92 Å². The van der Waals surface area contributed by atoms with Crippen molar-refractivity contribution < 1.29 is 22.7 Å². The Kier molecular flexibility index (Phi) is 4.32. The first-order valence-electron chi connectivity index (χ1n) is 5.80. The minimum atomic E-state index is -2.97. The van der Waals surface area contributed by atoms with E-state index in [0.717, 1.165) is 0 Å². The van der Waals surface area contributed by atoms with E-state index >= 15 is 0 Å². The van der Waals surface area contributed by atoms with Crippen molar-refractivity contribution in [3.63, 3.8) is 0 Å². The van der Waals surface area contributed by atoms with Gasteiger partial charge in [0, 0.05) is 10.5 Å².